The van der Waals surface area contributed by atoms with E-state index >= 15 is 0 Å². The number of non-ortho nitro benzene ring substituents is 1. The number of nitrogens with one attached hydrogen (secondary N) is 2. The summed E-state index contributed by atoms with van der Waals surface area (Å²) in [6.45, 7) is 1.77. The second-order valence-corrected chi connectivity index (χ2v) is 5.52. The molecule has 0 saturated heterocycles. The van der Waals surface area contributed by atoms with E-state index in [0.29, 0.717) is 16.3 Å². The van der Waals surface area contributed by atoms with Crippen molar-refractivity contribution < 1.29 is 9.72 Å². The molecule has 2 aromatic carbocycles. The minimum atomic E-state index is -0.500. The van der Waals surface area contributed by atoms with Crippen molar-refractivity contribution >= 4 is 46.2 Å². The van der Waals surface area contributed by atoms with Gasteiger partial charge in [0.25, 0.3) is 11.6 Å². The number of aryl methyl sites for hydroxylation is 1. The quantitative estimate of drug-likeness (QED) is 0.501. The number of nitrogens with zero attached hydrogens (tertiary/aromatic N) is 1. The second kappa shape index (κ2) is 7.17. The van der Waals surface area contributed by atoms with Gasteiger partial charge in [-0.15, -0.1) is 0 Å². The first-order chi connectivity index (χ1) is 10.9. The Hall–Kier alpha value is -2.51. The van der Waals surface area contributed by atoms with E-state index in [9.17, 15) is 14.9 Å². The van der Waals surface area contributed by atoms with E-state index in [-0.39, 0.29) is 10.8 Å². The molecule has 0 heterocycles. The molecule has 118 valence electrons. The van der Waals surface area contributed by atoms with Gasteiger partial charge in [-0.2, -0.15) is 0 Å². The van der Waals surface area contributed by atoms with Crippen molar-refractivity contribution in [2.75, 3.05) is 5.32 Å². The van der Waals surface area contributed by atoms with Gasteiger partial charge in [-0.3, -0.25) is 20.2 Å². The van der Waals surface area contributed by atoms with Crippen molar-refractivity contribution in [2.45, 2.75) is 6.92 Å². The molecule has 0 spiro atoms. The third kappa shape index (κ3) is 4.48. The molecule has 0 fully saturated rings. The molecule has 0 atom stereocenters. The summed E-state index contributed by atoms with van der Waals surface area (Å²) < 4.78 is 0. The molecule has 0 bridgehead atoms. The summed E-state index contributed by atoms with van der Waals surface area (Å²) in [6, 6.07) is 10.7. The Bertz CT molecular complexity index is 778. The van der Waals surface area contributed by atoms with Crippen LogP contribution in [0.2, 0.25) is 5.02 Å². The lowest BCUT2D eigenvalue weighted by Crippen LogP contribution is -2.34. The number of amides is 1. The Labute approximate surface area is 142 Å². The molecule has 0 unspecified atom stereocenters. The van der Waals surface area contributed by atoms with Crippen LogP contribution in [0.4, 0.5) is 11.4 Å². The van der Waals surface area contributed by atoms with Crippen LogP contribution < -0.4 is 10.6 Å². The van der Waals surface area contributed by atoms with Gasteiger partial charge in [0, 0.05) is 28.4 Å². The summed E-state index contributed by atoms with van der Waals surface area (Å²) in [5.74, 6) is -0.401. The molecule has 0 aliphatic carbocycles. The van der Waals surface area contributed by atoms with Crippen LogP contribution in [0.15, 0.2) is 42.5 Å². The Morgan fingerprint density at radius 2 is 1.87 bits per heavy atom. The van der Waals surface area contributed by atoms with Gasteiger partial charge in [-0.1, -0.05) is 17.7 Å². The van der Waals surface area contributed by atoms with Crippen molar-refractivity contribution in [3.05, 3.63) is 68.7 Å². The molecule has 2 N–H and O–H groups in total. The SMILES string of the molecule is Cc1ccc([N+](=O)[O-])cc1NC(=S)NC(=O)c1ccc(Cl)cc1. The number of benzene rings is 2. The molecular formula is C15H12ClN3O3S. The molecule has 2 rings (SSSR count). The van der Waals surface area contributed by atoms with E-state index in [4.69, 9.17) is 23.8 Å². The zero-order chi connectivity index (χ0) is 17.0. The third-order valence-corrected chi connectivity index (χ3v) is 3.47. The lowest BCUT2D eigenvalue weighted by Gasteiger charge is -2.11. The van der Waals surface area contributed by atoms with E-state index in [1.54, 1.807) is 37.3 Å². The highest BCUT2D eigenvalue weighted by Crippen LogP contribution is 2.21. The predicted molar refractivity (Wildman–Crippen MR) is 93.0 cm³/mol. The Kier molecular flexibility index (Phi) is 5.25. The van der Waals surface area contributed by atoms with Gasteiger partial charge in [0.2, 0.25) is 0 Å². The fourth-order valence-electron chi connectivity index (χ4n) is 1.79. The highest BCUT2D eigenvalue weighted by atomic mass is 35.5. The zero-order valence-corrected chi connectivity index (χ0v) is 13.6. The normalized spacial score (nSPS) is 10.0. The highest BCUT2D eigenvalue weighted by Gasteiger charge is 2.12. The molecule has 0 aromatic heterocycles. The number of halogens is 1. The Balaban J connectivity index is 2.07. The van der Waals surface area contributed by atoms with Crippen LogP contribution in [0, 0.1) is 17.0 Å². The molecule has 0 aliphatic heterocycles. The smallest absolute Gasteiger partial charge is 0.271 e. The Morgan fingerprint density at radius 1 is 1.22 bits per heavy atom. The van der Waals surface area contributed by atoms with Crippen LogP contribution in [0.25, 0.3) is 0 Å². The number of hydrogen-bond donors (Lipinski definition) is 2. The molecule has 6 nitrogen and oxygen atoms in total. The fraction of sp³-hybridized carbons (Fsp3) is 0.0667. The van der Waals surface area contributed by atoms with Gasteiger partial charge in [0.05, 0.1) is 4.92 Å². The van der Waals surface area contributed by atoms with Gasteiger partial charge in [0.15, 0.2) is 5.11 Å². The van der Waals surface area contributed by atoms with Crippen molar-refractivity contribution in [1.82, 2.24) is 5.32 Å². The molecule has 23 heavy (non-hydrogen) atoms. The summed E-state index contributed by atoms with van der Waals surface area (Å²) in [6.07, 6.45) is 0. The third-order valence-electron chi connectivity index (χ3n) is 3.01. The van der Waals surface area contributed by atoms with E-state index in [2.05, 4.69) is 10.6 Å². The number of thiocarbonyl (C=S) groups is 1. The van der Waals surface area contributed by atoms with E-state index in [1.165, 1.54) is 12.1 Å². The monoisotopic (exact) mass is 349 g/mol. The van der Waals surface area contributed by atoms with Crippen LogP contribution in [-0.2, 0) is 0 Å². The molecule has 0 aliphatic rings. The first kappa shape index (κ1) is 16.9. The van der Waals surface area contributed by atoms with Gasteiger partial charge in [-0.05, 0) is 49.0 Å². The van der Waals surface area contributed by atoms with Crippen LogP contribution in [0.5, 0.6) is 0 Å². The van der Waals surface area contributed by atoms with Crippen molar-refractivity contribution in [3.8, 4) is 0 Å². The number of nitro groups is 1. The topological polar surface area (TPSA) is 84.3 Å². The molecule has 0 saturated carbocycles. The zero-order valence-electron chi connectivity index (χ0n) is 12.0. The fourth-order valence-corrected chi connectivity index (χ4v) is 2.12. The average Bonchev–Trinajstić information content (AvgIpc) is 2.49. The Morgan fingerprint density at radius 3 is 2.48 bits per heavy atom. The van der Waals surface area contributed by atoms with Crippen LogP contribution in [-0.4, -0.2) is 15.9 Å². The number of nitro benzene ring substituents is 1. The summed E-state index contributed by atoms with van der Waals surface area (Å²) in [4.78, 5) is 22.3. The second-order valence-electron chi connectivity index (χ2n) is 4.67. The molecule has 2 aromatic rings. The lowest BCUT2D eigenvalue weighted by atomic mass is 10.2. The van der Waals surface area contributed by atoms with Crippen LogP contribution >= 0.6 is 23.8 Å². The number of rotatable bonds is 3. The largest absolute Gasteiger partial charge is 0.332 e. The summed E-state index contributed by atoms with van der Waals surface area (Å²) in [5, 5.41) is 16.7. The number of anilines is 1. The number of hydrogen-bond acceptors (Lipinski definition) is 4. The summed E-state index contributed by atoms with van der Waals surface area (Å²) in [5.41, 5.74) is 1.55. The standard InChI is InChI=1S/C15H12ClN3O3S/c1-9-2-7-12(19(21)22)8-13(9)17-15(23)18-14(20)10-3-5-11(16)6-4-10/h2-8H,1H3,(H2,17,18,20,23). The first-order valence-electron chi connectivity index (χ1n) is 6.50. The maximum absolute atomic E-state index is 12.0. The van der Waals surface area contributed by atoms with Crippen LogP contribution in [0.3, 0.4) is 0 Å². The number of carbonyl (C=O) groups excluding carboxylic acids is 1. The molecule has 1 amide bonds. The average molecular weight is 350 g/mol. The molecular weight excluding hydrogens is 338 g/mol. The molecule has 8 heteroatoms. The highest BCUT2D eigenvalue weighted by molar-refractivity contribution is 7.80. The minimum absolute atomic E-state index is 0.0496. The lowest BCUT2D eigenvalue weighted by molar-refractivity contribution is -0.384. The maximum atomic E-state index is 12.0. The van der Waals surface area contributed by atoms with Gasteiger partial charge in [-0.25, -0.2) is 0 Å². The first-order valence-corrected chi connectivity index (χ1v) is 7.28. The minimum Gasteiger partial charge on any atom is -0.332 e. The van der Waals surface area contributed by atoms with E-state index in [1.807, 2.05) is 0 Å². The van der Waals surface area contributed by atoms with Gasteiger partial charge in [0.1, 0.15) is 0 Å². The van der Waals surface area contributed by atoms with E-state index < -0.39 is 10.8 Å². The summed E-state index contributed by atoms with van der Waals surface area (Å²) in [7, 11) is 0. The predicted octanol–water partition coefficient (Wildman–Crippen LogP) is 3.68. The van der Waals surface area contributed by atoms with Crippen molar-refractivity contribution in [2.24, 2.45) is 0 Å². The van der Waals surface area contributed by atoms with Crippen LogP contribution in [0.1, 0.15) is 15.9 Å². The molecule has 0 radical (unpaired) electrons. The number of carbonyl (C=O) groups is 1. The van der Waals surface area contributed by atoms with Crippen molar-refractivity contribution in [3.63, 3.8) is 0 Å². The van der Waals surface area contributed by atoms with Gasteiger partial charge >= 0.3 is 0 Å². The maximum Gasteiger partial charge on any atom is 0.271 e. The van der Waals surface area contributed by atoms with E-state index in [0.717, 1.165) is 5.56 Å². The van der Waals surface area contributed by atoms with Crippen molar-refractivity contribution in [1.29, 1.82) is 0 Å². The summed E-state index contributed by atoms with van der Waals surface area (Å²) >= 11 is 10.8. The van der Waals surface area contributed by atoms with Gasteiger partial charge < -0.3 is 5.32 Å².